The van der Waals surface area contributed by atoms with E-state index in [-0.39, 0.29) is 18.3 Å². The summed E-state index contributed by atoms with van der Waals surface area (Å²) in [6, 6.07) is 15.9. The van der Waals surface area contributed by atoms with Crippen molar-refractivity contribution in [1.29, 1.82) is 5.26 Å². The van der Waals surface area contributed by atoms with E-state index in [1.807, 2.05) is 13.1 Å². The van der Waals surface area contributed by atoms with E-state index in [1.165, 1.54) is 11.8 Å². The van der Waals surface area contributed by atoms with E-state index in [4.69, 9.17) is 21.6 Å². The molecule has 0 aliphatic carbocycles. The molecule has 2 aromatic carbocycles. The lowest BCUT2D eigenvalue weighted by Gasteiger charge is -2.07. The summed E-state index contributed by atoms with van der Waals surface area (Å²) in [5, 5.41) is 21.2. The van der Waals surface area contributed by atoms with Crippen molar-refractivity contribution in [2.75, 3.05) is 11.1 Å². The Morgan fingerprint density at radius 3 is 2.75 bits per heavy atom. The molecule has 0 saturated heterocycles. The van der Waals surface area contributed by atoms with Gasteiger partial charge in [0.25, 0.3) is 0 Å². The number of rotatable bonds is 7. The van der Waals surface area contributed by atoms with Gasteiger partial charge in [0.1, 0.15) is 18.4 Å². The van der Waals surface area contributed by atoms with Gasteiger partial charge in [-0.3, -0.25) is 4.79 Å². The van der Waals surface area contributed by atoms with Crippen molar-refractivity contribution >= 4 is 35.0 Å². The molecule has 1 amide bonds. The van der Waals surface area contributed by atoms with Crippen molar-refractivity contribution in [1.82, 2.24) is 14.8 Å². The van der Waals surface area contributed by atoms with E-state index in [0.29, 0.717) is 33.0 Å². The highest BCUT2D eigenvalue weighted by molar-refractivity contribution is 7.99. The predicted octanol–water partition coefficient (Wildman–Crippen LogP) is 3.65. The molecule has 142 valence electrons. The van der Waals surface area contributed by atoms with Gasteiger partial charge in [-0.2, -0.15) is 5.26 Å². The van der Waals surface area contributed by atoms with Gasteiger partial charge < -0.3 is 14.6 Å². The zero-order valence-corrected chi connectivity index (χ0v) is 16.5. The van der Waals surface area contributed by atoms with Crippen molar-refractivity contribution in [3.8, 4) is 11.8 Å². The second-order valence-electron chi connectivity index (χ2n) is 5.69. The minimum atomic E-state index is -0.227. The van der Waals surface area contributed by atoms with Gasteiger partial charge in [0.05, 0.1) is 17.0 Å². The van der Waals surface area contributed by atoms with Crippen LogP contribution in [0.4, 0.5) is 5.69 Å². The summed E-state index contributed by atoms with van der Waals surface area (Å²) in [5.74, 6) is 1.23. The van der Waals surface area contributed by atoms with E-state index in [0.717, 1.165) is 0 Å². The van der Waals surface area contributed by atoms with Crippen LogP contribution in [0.2, 0.25) is 5.02 Å². The van der Waals surface area contributed by atoms with Gasteiger partial charge in [0, 0.05) is 12.1 Å². The summed E-state index contributed by atoms with van der Waals surface area (Å²) in [5.41, 5.74) is 0.909. The first-order valence-corrected chi connectivity index (χ1v) is 9.61. The molecule has 0 fully saturated rings. The predicted molar refractivity (Wildman–Crippen MR) is 107 cm³/mol. The zero-order valence-electron chi connectivity index (χ0n) is 14.9. The number of aromatic nitrogens is 3. The summed E-state index contributed by atoms with van der Waals surface area (Å²) < 4.78 is 7.45. The third-order valence-corrected chi connectivity index (χ3v) is 5.03. The van der Waals surface area contributed by atoms with E-state index < -0.39 is 0 Å². The van der Waals surface area contributed by atoms with Crippen LogP contribution in [0.3, 0.4) is 0 Å². The summed E-state index contributed by atoms with van der Waals surface area (Å²) >= 11 is 7.11. The molecular formula is C19H16ClN5O2S. The maximum absolute atomic E-state index is 12.2. The number of ether oxygens (including phenoxy) is 1. The maximum atomic E-state index is 12.2. The van der Waals surface area contributed by atoms with Crippen molar-refractivity contribution in [2.45, 2.75) is 11.8 Å². The molecule has 0 spiro atoms. The third kappa shape index (κ3) is 5.03. The van der Waals surface area contributed by atoms with Crippen LogP contribution in [0.5, 0.6) is 5.75 Å². The van der Waals surface area contributed by atoms with Gasteiger partial charge in [-0.15, -0.1) is 10.2 Å². The normalized spacial score (nSPS) is 10.3. The average Bonchev–Trinajstić information content (AvgIpc) is 3.06. The van der Waals surface area contributed by atoms with Crippen LogP contribution < -0.4 is 10.1 Å². The molecule has 3 rings (SSSR count). The number of thioether (sulfide) groups is 1. The van der Waals surface area contributed by atoms with Crippen LogP contribution in [-0.4, -0.2) is 26.4 Å². The molecule has 1 aromatic heterocycles. The van der Waals surface area contributed by atoms with Crippen LogP contribution in [0.15, 0.2) is 53.7 Å². The van der Waals surface area contributed by atoms with Gasteiger partial charge in [-0.1, -0.05) is 35.5 Å². The van der Waals surface area contributed by atoms with E-state index in [1.54, 1.807) is 53.1 Å². The lowest BCUT2D eigenvalue weighted by Crippen LogP contribution is -2.15. The summed E-state index contributed by atoms with van der Waals surface area (Å²) in [7, 11) is 1.81. The monoisotopic (exact) mass is 413 g/mol. The fourth-order valence-corrected chi connectivity index (χ4v) is 3.14. The minimum absolute atomic E-state index is 0.143. The number of para-hydroxylation sites is 1. The molecule has 1 N–H and O–H groups in total. The number of amides is 1. The number of hydrogen-bond acceptors (Lipinski definition) is 6. The summed E-state index contributed by atoms with van der Waals surface area (Å²) in [4.78, 5) is 12.2. The molecule has 3 aromatic rings. The van der Waals surface area contributed by atoms with E-state index >= 15 is 0 Å². The van der Waals surface area contributed by atoms with Gasteiger partial charge in [-0.25, -0.2) is 0 Å². The number of benzene rings is 2. The molecule has 9 heteroatoms. The fraction of sp³-hybridized carbons (Fsp3) is 0.158. The van der Waals surface area contributed by atoms with Crippen molar-refractivity contribution in [3.05, 3.63) is 64.9 Å². The average molecular weight is 414 g/mol. The fourth-order valence-electron chi connectivity index (χ4n) is 2.28. The number of carbonyl (C=O) groups is 1. The van der Waals surface area contributed by atoms with Crippen molar-refractivity contribution in [2.24, 2.45) is 7.05 Å². The molecule has 0 atom stereocenters. The minimum Gasteiger partial charge on any atom is -0.486 e. The van der Waals surface area contributed by atoms with Gasteiger partial charge in [0.2, 0.25) is 5.91 Å². The number of halogens is 1. The zero-order chi connectivity index (χ0) is 19.9. The largest absolute Gasteiger partial charge is 0.486 e. The molecule has 1 heterocycles. The van der Waals surface area contributed by atoms with Crippen LogP contribution in [0.25, 0.3) is 0 Å². The first-order valence-electron chi connectivity index (χ1n) is 8.25. The molecule has 0 saturated carbocycles. The molecule has 7 nitrogen and oxygen atoms in total. The molecule has 0 radical (unpaired) electrons. The Hall–Kier alpha value is -3.02. The molecule has 0 bridgehead atoms. The Morgan fingerprint density at radius 2 is 2.00 bits per heavy atom. The Morgan fingerprint density at radius 1 is 1.25 bits per heavy atom. The molecule has 0 unspecified atom stereocenters. The molecular weight excluding hydrogens is 398 g/mol. The topological polar surface area (TPSA) is 92.8 Å². The number of nitrogens with zero attached hydrogens (tertiary/aromatic N) is 4. The molecule has 0 aliphatic heterocycles. The second-order valence-corrected chi connectivity index (χ2v) is 7.07. The van der Waals surface area contributed by atoms with E-state index in [9.17, 15) is 4.79 Å². The lowest BCUT2D eigenvalue weighted by molar-refractivity contribution is -0.113. The Balaban J connectivity index is 1.54. The smallest absolute Gasteiger partial charge is 0.234 e. The number of anilines is 1. The van der Waals surface area contributed by atoms with Gasteiger partial charge >= 0.3 is 0 Å². The first kappa shape index (κ1) is 19.7. The number of nitriles is 1. The number of carbonyl (C=O) groups excluding carboxylic acids is 1. The Labute approximate surface area is 171 Å². The second kappa shape index (κ2) is 9.26. The first-order chi connectivity index (χ1) is 13.6. The summed E-state index contributed by atoms with van der Waals surface area (Å²) in [6.07, 6.45) is 0. The van der Waals surface area contributed by atoms with Crippen LogP contribution >= 0.6 is 23.4 Å². The van der Waals surface area contributed by atoms with Crippen molar-refractivity contribution < 1.29 is 9.53 Å². The standard InChI is InChI=1S/C19H16ClN5O2S/c1-25-17(11-27-15-8-6-14(20)7-9-15)23-24-19(25)28-12-18(26)22-16-5-3-2-4-13(16)10-21/h2-9H,11-12H2,1H3,(H,22,26). The maximum Gasteiger partial charge on any atom is 0.234 e. The van der Waals surface area contributed by atoms with Crippen LogP contribution in [0.1, 0.15) is 11.4 Å². The van der Waals surface area contributed by atoms with E-state index in [2.05, 4.69) is 15.5 Å². The highest BCUT2D eigenvalue weighted by atomic mass is 35.5. The highest BCUT2D eigenvalue weighted by Crippen LogP contribution is 2.20. The lowest BCUT2D eigenvalue weighted by atomic mass is 10.2. The SMILES string of the molecule is Cn1c(COc2ccc(Cl)cc2)nnc1SCC(=O)Nc1ccccc1C#N. The Kier molecular flexibility index (Phi) is 6.53. The van der Waals surface area contributed by atoms with Gasteiger partial charge in [-0.05, 0) is 36.4 Å². The van der Waals surface area contributed by atoms with Crippen molar-refractivity contribution in [3.63, 3.8) is 0 Å². The number of nitrogens with one attached hydrogen (secondary N) is 1. The quantitative estimate of drug-likeness (QED) is 0.594. The third-order valence-electron chi connectivity index (χ3n) is 3.76. The Bertz CT molecular complexity index is 1010. The highest BCUT2D eigenvalue weighted by Gasteiger charge is 2.13. The van der Waals surface area contributed by atoms with Crippen LogP contribution in [-0.2, 0) is 18.4 Å². The molecule has 0 aliphatic rings. The van der Waals surface area contributed by atoms with Gasteiger partial charge in [0.15, 0.2) is 11.0 Å². The summed E-state index contributed by atoms with van der Waals surface area (Å²) in [6.45, 7) is 0.243. The number of hydrogen-bond donors (Lipinski definition) is 1. The van der Waals surface area contributed by atoms with Crippen LogP contribution in [0, 0.1) is 11.3 Å². The molecule has 28 heavy (non-hydrogen) atoms.